The first kappa shape index (κ1) is 9.34. The maximum absolute atomic E-state index is 5.82. The molecule has 1 aliphatic rings. The van der Waals surface area contributed by atoms with Gasteiger partial charge in [-0.3, -0.25) is 0 Å². The Morgan fingerprint density at radius 1 is 1.50 bits per heavy atom. The van der Waals surface area contributed by atoms with Crippen molar-refractivity contribution in [2.75, 3.05) is 11.9 Å². The molecule has 1 aromatic carbocycles. The van der Waals surface area contributed by atoms with Crippen LogP contribution in [0.5, 0.6) is 5.75 Å². The molecule has 3 nitrogen and oxygen atoms in total. The molecule has 0 unspecified atom stereocenters. The first-order valence-electron chi connectivity index (χ1n) is 4.87. The van der Waals surface area contributed by atoms with Crippen LogP contribution in [0, 0.1) is 0 Å². The molecule has 0 fully saturated rings. The fraction of sp³-hybridized carbons (Fsp3) is 0.455. The number of fused-ring (bicyclic) bond motifs is 1. The second kappa shape index (κ2) is 3.17. The van der Waals surface area contributed by atoms with Gasteiger partial charge in [-0.2, -0.15) is 0 Å². The third-order valence-electron chi connectivity index (χ3n) is 2.37. The van der Waals surface area contributed by atoms with Crippen molar-refractivity contribution in [2.24, 2.45) is 5.73 Å². The minimum absolute atomic E-state index is 0.128. The van der Waals surface area contributed by atoms with Crippen molar-refractivity contribution in [3.8, 4) is 5.75 Å². The third kappa shape index (κ3) is 1.68. The van der Waals surface area contributed by atoms with Gasteiger partial charge in [0.15, 0.2) is 0 Å². The molecule has 0 atom stereocenters. The highest BCUT2D eigenvalue weighted by Crippen LogP contribution is 2.33. The van der Waals surface area contributed by atoms with E-state index in [2.05, 4.69) is 19.2 Å². The number of ether oxygens (including phenoxy) is 1. The Hall–Kier alpha value is -1.22. The van der Waals surface area contributed by atoms with E-state index >= 15 is 0 Å². The minimum Gasteiger partial charge on any atom is -0.484 e. The van der Waals surface area contributed by atoms with Crippen molar-refractivity contribution in [2.45, 2.75) is 26.0 Å². The lowest BCUT2D eigenvalue weighted by molar-refractivity contribution is 0.116. The van der Waals surface area contributed by atoms with Crippen LogP contribution >= 0.6 is 0 Å². The number of hydrogen-bond acceptors (Lipinski definition) is 3. The normalized spacial score (nSPS) is 17.9. The largest absolute Gasteiger partial charge is 0.484 e. The third-order valence-corrected chi connectivity index (χ3v) is 2.37. The summed E-state index contributed by atoms with van der Waals surface area (Å²) in [6.07, 6.45) is 0. The lowest BCUT2D eigenvalue weighted by Crippen LogP contribution is -2.40. The average Bonchev–Trinajstić information content (AvgIpc) is 2.16. The molecular formula is C11H16N2O. The molecule has 2 rings (SSSR count). The van der Waals surface area contributed by atoms with Crippen LogP contribution in [-0.4, -0.2) is 12.1 Å². The molecule has 76 valence electrons. The molecule has 3 N–H and O–H groups in total. The second-order valence-electron chi connectivity index (χ2n) is 4.25. The monoisotopic (exact) mass is 192 g/mol. The smallest absolute Gasteiger partial charge is 0.143 e. The Morgan fingerprint density at radius 3 is 3.00 bits per heavy atom. The predicted molar refractivity (Wildman–Crippen MR) is 57.5 cm³/mol. The molecule has 0 radical (unpaired) electrons. The van der Waals surface area contributed by atoms with E-state index in [1.54, 1.807) is 0 Å². The fourth-order valence-electron chi connectivity index (χ4n) is 1.57. The van der Waals surface area contributed by atoms with Crippen molar-refractivity contribution >= 4 is 5.69 Å². The topological polar surface area (TPSA) is 47.3 Å². The maximum Gasteiger partial charge on any atom is 0.143 e. The molecule has 3 heteroatoms. The minimum atomic E-state index is -0.128. The molecule has 0 bridgehead atoms. The van der Waals surface area contributed by atoms with Crippen LogP contribution in [0.25, 0.3) is 0 Å². The molecule has 1 aromatic rings. The van der Waals surface area contributed by atoms with Crippen LogP contribution in [0.3, 0.4) is 0 Å². The Kier molecular flexibility index (Phi) is 2.11. The number of hydrogen-bond donors (Lipinski definition) is 2. The SMILES string of the molecule is CC1(C)CNc2cc(CN)ccc2O1. The summed E-state index contributed by atoms with van der Waals surface area (Å²) in [5, 5.41) is 3.35. The van der Waals surface area contributed by atoms with Gasteiger partial charge in [-0.25, -0.2) is 0 Å². The number of nitrogens with one attached hydrogen (secondary N) is 1. The van der Waals surface area contributed by atoms with Crippen LogP contribution in [0.1, 0.15) is 19.4 Å². The Balaban J connectivity index is 2.32. The zero-order chi connectivity index (χ0) is 10.2. The van der Waals surface area contributed by atoms with Gasteiger partial charge >= 0.3 is 0 Å². The summed E-state index contributed by atoms with van der Waals surface area (Å²) < 4.78 is 5.82. The van der Waals surface area contributed by atoms with Gasteiger partial charge in [0.1, 0.15) is 11.4 Å². The van der Waals surface area contributed by atoms with Gasteiger partial charge in [0.25, 0.3) is 0 Å². The highest BCUT2D eigenvalue weighted by molar-refractivity contribution is 5.60. The van der Waals surface area contributed by atoms with Crippen molar-refractivity contribution in [1.29, 1.82) is 0 Å². The van der Waals surface area contributed by atoms with E-state index in [9.17, 15) is 0 Å². The van der Waals surface area contributed by atoms with E-state index in [4.69, 9.17) is 10.5 Å². The molecule has 0 aromatic heterocycles. The van der Waals surface area contributed by atoms with Gasteiger partial charge in [0, 0.05) is 6.54 Å². The Bertz CT molecular complexity index is 347. The van der Waals surface area contributed by atoms with E-state index in [1.807, 2.05) is 18.2 Å². The maximum atomic E-state index is 5.82. The summed E-state index contributed by atoms with van der Waals surface area (Å²) in [5.74, 6) is 0.915. The zero-order valence-corrected chi connectivity index (χ0v) is 8.63. The lowest BCUT2D eigenvalue weighted by Gasteiger charge is -2.33. The first-order valence-corrected chi connectivity index (χ1v) is 4.87. The predicted octanol–water partition coefficient (Wildman–Crippen LogP) is 1.73. The van der Waals surface area contributed by atoms with Gasteiger partial charge in [-0.1, -0.05) is 6.07 Å². The van der Waals surface area contributed by atoms with Gasteiger partial charge in [0.2, 0.25) is 0 Å². The quantitative estimate of drug-likeness (QED) is 0.712. The van der Waals surface area contributed by atoms with E-state index in [-0.39, 0.29) is 5.60 Å². The Labute approximate surface area is 84.3 Å². The van der Waals surface area contributed by atoms with E-state index in [0.29, 0.717) is 6.54 Å². The highest BCUT2D eigenvalue weighted by atomic mass is 16.5. The number of anilines is 1. The highest BCUT2D eigenvalue weighted by Gasteiger charge is 2.25. The van der Waals surface area contributed by atoms with Crippen molar-refractivity contribution in [1.82, 2.24) is 0 Å². The fourth-order valence-corrected chi connectivity index (χ4v) is 1.57. The molecule has 0 saturated carbocycles. The van der Waals surface area contributed by atoms with Gasteiger partial charge in [0.05, 0.1) is 12.2 Å². The summed E-state index contributed by atoms with van der Waals surface area (Å²) in [6.45, 7) is 5.53. The standard InChI is InChI=1S/C11H16N2O/c1-11(2)7-13-9-5-8(6-12)3-4-10(9)14-11/h3-5,13H,6-7,12H2,1-2H3. The summed E-state index contributed by atoms with van der Waals surface area (Å²) >= 11 is 0. The second-order valence-corrected chi connectivity index (χ2v) is 4.25. The van der Waals surface area contributed by atoms with Crippen LogP contribution in [-0.2, 0) is 6.54 Å². The van der Waals surface area contributed by atoms with Crippen molar-refractivity contribution in [3.63, 3.8) is 0 Å². The van der Waals surface area contributed by atoms with E-state index < -0.39 is 0 Å². The molecule has 14 heavy (non-hydrogen) atoms. The van der Waals surface area contributed by atoms with Gasteiger partial charge in [-0.15, -0.1) is 0 Å². The molecule has 0 aliphatic carbocycles. The zero-order valence-electron chi connectivity index (χ0n) is 8.63. The van der Waals surface area contributed by atoms with Crippen LogP contribution in [0.2, 0.25) is 0 Å². The molecule has 1 aliphatic heterocycles. The molecule has 0 spiro atoms. The van der Waals surface area contributed by atoms with Crippen LogP contribution < -0.4 is 15.8 Å². The molecular weight excluding hydrogens is 176 g/mol. The average molecular weight is 192 g/mol. The molecule has 0 saturated heterocycles. The van der Waals surface area contributed by atoms with Gasteiger partial charge < -0.3 is 15.8 Å². The van der Waals surface area contributed by atoms with Crippen LogP contribution in [0.4, 0.5) is 5.69 Å². The van der Waals surface area contributed by atoms with Crippen molar-refractivity contribution < 1.29 is 4.74 Å². The van der Waals surface area contributed by atoms with Gasteiger partial charge in [-0.05, 0) is 31.5 Å². The number of benzene rings is 1. The summed E-state index contributed by atoms with van der Waals surface area (Å²) in [5.41, 5.74) is 7.61. The number of nitrogens with two attached hydrogens (primary N) is 1. The Morgan fingerprint density at radius 2 is 2.29 bits per heavy atom. The van der Waals surface area contributed by atoms with Crippen molar-refractivity contribution in [3.05, 3.63) is 23.8 Å². The number of rotatable bonds is 1. The first-order chi connectivity index (χ1) is 6.61. The lowest BCUT2D eigenvalue weighted by atomic mass is 10.1. The molecule has 0 amide bonds. The van der Waals surface area contributed by atoms with Crippen LogP contribution in [0.15, 0.2) is 18.2 Å². The molecule has 1 heterocycles. The summed E-state index contributed by atoms with van der Waals surface area (Å²) in [7, 11) is 0. The van der Waals surface area contributed by atoms with E-state index in [1.165, 1.54) is 0 Å². The van der Waals surface area contributed by atoms with E-state index in [0.717, 1.165) is 23.5 Å². The summed E-state index contributed by atoms with van der Waals surface area (Å²) in [6, 6.07) is 6.03. The summed E-state index contributed by atoms with van der Waals surface area (Å²) in [4.78, 5) is 0.